The third kappa shape index (κ3) is 4.07. The Morgan fingerprint density at radius 1 is 0.917 bits per heavy atom. The zero-order chi connectivity index (χ0) is 17.9. The van der Waals surface area contributed by atoms with E-state index in [1.807, 2.05) is 19.1 Å². The molecule has 4 nitrogen and oxygen atoms in total. The minimum Gasteiger partial charge on any atom is -0.497 e. The molecule has 0 bridgehead atoms. The fraction of sp³-hybridized carbons (Fsp3) is 0.350. The number of carbonyl (C=O) groups excluding carboxylic acids is 1. The van der Waals surface area contributed by atoms with Gasteiger partial charge < -0.3 is 14.2 Å². The zero-order valence-corrected chi connectivity index (χ0v) is 15.1. The van der Waals surface area contributed by atoms with Crippen LogP contribution in [0.3, 0.4) is 0 Å². The van der Waals surface area contributed by atoms with Gasteiger partial charge in [-0.25, -0.2) is 4.79 Å². The van der Waals surface area contributed by atoms with E-state index in [9.17, 15) is 4.79 Å². The number of methoxy groups -OCH3 is 2. The van der Waals surface area contributed by atoms with Gasteiger partial charge in [-0.05, 0) is 41.7 Å². The van der Waals surface area contributed by atoms with Gasteiger partial charge in [0.1, 0.15) is 17.2 Å². The van der Waals surface area contributed by atoms with Crippen LogP contribution in [0.4, 0.5) is 0 Å². The van der Waals surface area contributed by atoms with Crippen molar-refractivity contribution >= 4 is 5.97 Å². The van der Waals surface area contributed by atoms with Gasteiger partial charge in [-0.1, -0.05) is 32.9 Å². The summed E-state index contributed by atoms with van der Waals surface area (Å²) in [5.74, 6) is 1.19. The number of ether oxygens (including phenoxy) is 3. The first-order chi connectivity index (χ1) is 11.2. The average molecular weight is 328 g/mol. The molecule has 0 saturated carbocycles. The van der Waals surface area contributed by atoms with E-state index in [0.29, 0.717) is 22.8 Å². The fourth-order valence-corrected chi connectivity index (χ4v) is 2.31. The van der Waals surface area contributed by atoms with Gasteiger partial charge in [0.05, 0.1) is 19.8 Å². The molecule has 0 unspecified atom stereocenters. The molecule has 0 aliphatic heterocycles. The number of hydrogen-bond acceptors (Lipinski definition) is 4. The molecule has 0 spiro atoms. The third-order valence-electron chi connectivity index (χ3n) is 3.83. The SMILES string of the molecule is COc1cc(OC)cc(C(=O)Oc2ccc(C(C)(C)C)cc2C)c1. The molecule has 128 valence electrons. The van der Waals surface area contributed by atoms with E-state index in [2.05, 4.69) is 26.8 Å². The summed E-state index contributed by atoms with van der Waals surface area (Å²) in [6, 6.07) is 10.8. The summed E-state index contributed by atoms with van der Waals surface area (Å²) < 4.78 is 15.9. The Kier molecular flexibility index (Phi) is 5.17. The second-order valence-electron chi connectivity index (χ2n) is 6.72. The lowest BCUT2D eigenvalue weighted by molar-refractivity contribution is 0.0732. The van der Waals surface area contributed by atoms with Crippen LogP contribution in [-0.2, 0) is 5.41 Å². The van der Waals surface area contributed by atoms with Gasteiger partial charge in [0, 0.05) is 6.07 Å². The molecule has 0 saturated heterocycles. The van der Waals surface area contributed by atoms with E-state index in [1.165, 1.54) is 5.56 Å². The van der Waals surface area contributed by atoms with E-state index < -0.39 is 5.97 Å². The summed E-state index contributed by atoms with van der Waals surface area (Å²) in [5, 5.41) is 0. The lowest BCUT2D eigenvalue weighted by Crippen LogP contribution is -2.13. The Morgan fingerprint density at radius 2 is 1.50 bits per heavy atom. The van der Waals surface area contributed by atoms with Gasteiger partial charge in [0.15, 0.2) is 0 Å². The first kappa shape index (κ1) is 17.9. The summed E-state index contributed by atoms with van der Waals surface area (Å²) >= 11 is 0. The Balaban J connectivity index is 2.27. The largest absolute Gasteiger partial charge is 0.497 e. The zero-order valence-electron chi connectivity index (χ0n) is 15.1. The highest BCUT2D eigenvalue weighted by Crippen LogP contribution is 2.29. The first-order valence-corrected chi connectivity index (χ1v) is 7.81. The minimum absolute atomic E-state index is 0.0491. The number of aryl methyl sites for hydroxylation is 1. The van der Waals surface area contributed by atoms with E-state index in [1.54, 1.807) is 32.4 Å². The number of carbonyl (C=O) groups is 1. The molecule has 2 aromatic carbocycles. The Hall–Kier alpha value is -2.49. The van der Waals surface area contributed by atoms with Crippen LogP contribution >= 0.6 is 0 Å². The summed E-state index contributed by atoms with van der Waals surface area (Å²) in [5.41, 5.74) is 2.55. The second-order valence-corrected chi connectivity index (χ2v) is 6.72. The molecule has 0 amide bonds. The second kappa shape index (κ2) is 6.95. The molecule has 0 atom stereocenters. The number of benzene rings is 2. The first-order valence-electron chi connectivity index (χ1n) is 7.81. The van der Waals surface area contributed by atoms with Crippen molar-refractivity contribution in [1.82, 2.24) is 0 Å². The van der Waals surface area contributed by atoms with E-state index in [-0.39, 0.29) is 5.41 Å². The van der Waals surface area contributed by atoms with Crippen LogP contribution in [0.15, 0.2) is 36.4 Å². The summed E-state index contributed by atoms with van der Waals surface area (Å²) in [4.78, 5) is 12.5. The predicted molar refractivity (Wildman–Crippen MR) is 94.4 cm³/mol. The topological polar surface area (TPSA) is 44.8 Å². The standard InChI is InChI=1S/C20H24O4/c1-13-9-15(20(2,3)4)7-8-18(13)24-19(21)14-10-16(22-5)12-17(11-14)23-6/h7-12H,1-6H3. The summed E-state index contributed by atoms with van der Waals surface area (Å²) in [6.07, 6.45) is 0. The highest BCUT2D eigenvalue weighted by molar-refractivity contribution is 5.92. The number of rotatable bonds is 4. The van der Waals surface area contributed by atoms with Gasteiger partial charge >= 0.3 is 5.97 Å². The van der Waals surface area contributed by atoms with Crippen molar-refractivity contribution in [2.45, 2.75) is 33.1 Å². The number of esters is 1. The van der Waals surface area contributed by atoms with Crippen LogP contribution in [0, 0.1) is 6.92 Å². The van der Waals surface area contributed by atoms with Crippen LogP contribution < -0.4 is 14.2 Å². The predicted octanol–water partition coefficient (Wildman–Crippen LogP) is 4.53. The van der Waals surface area contributed by atoms with Gasteiger partial charge in [-0.2, -0.15) is 0 Å². The maximum Gasteiger partial charge on any atom is 0.343 e. The van der Waals surface area contributed by atoms with Crippen LogP contribution in [0.1, 0.15) is 42.3 Å². The Labute approximate surface area is 143 Å². The van der Waals surface area contributed by atoms with Crippen molar-refractivity contribution in [3.8, 4) is 17.2 Å². The summed E-state index contributed by atoms with van der Waals surface area (Å²) in [7, 11) is 3.08. The maximum atomic E-state index is 12.5. The van der Waals surface area contributed by atoms with E-state index in [0.717, 1.165) is 5.56 Å². The average Bonchev–Trinajstić information content (AvgIpc) is 2.55. The van der Waals surface area contributed by atoms with Gasteiger partial charge in [-0.15, -0.1) is 0 Å². The molecule has 0 radical (unpaired) electrons. The number of hydrogen-bond donors (Lipinski definition) is 0. The quantitative estimate of drug-likeness (QED) is 0.611. The molecule has 0 aliphatic rings. The van der Waals surface area contributed by atoms with Crippen LogP contribution in [0.2, 0.25) is 0 Å². The highest BCUT2D eigenvalue weighted by atomic mass is 16.5. The van der Waals surface area contributed by atoms with Crippen molar-refractivity contribution in [1.29, 1.82) is 0 Å². The summed E-state index contributed by atoms with van der Waals surface area (Å²) in [6.45, 7) is 8.38. The molecule has 24 heavy (non-hydrogen) atoms. The van der Waals surface area contributed by atoms with Crippen LogP contribution in [-0.4, -0.2) is 20.2 Å². The Bertz CT molecular complexity index is 720. The highest BCUT2D eigenvalue weighted by Gasteiger charge is 2.17. The van der Waals surface area contributed by atoms with Crippen molar-refractivity contribution in [3.63, 3.8) is 0 Å². The normalized spacial score (nSPS) is 11.1. The molecular weight excluding hydrogens is 304 g/mol. The molecule has 0 aliphatic carbocycles. The smallest absolute Gasteiger partial charge is 0.343 e. The van der Waals surface area contributed by atoms with Gasteiger partial charge in [0.2, 0.25) is 0 Å². The molecule has 0 N–H and O–H groups in total. The van der Waals surface area contributed by atoms with E-state index in [4.69, 9.17) is 14.2 Å². The molecule has 2 rings (SSSR count). The molecule has 0 fully saturated rings. The lowest BCUT2D eigenvalue weighted by Gasteiger charge is -2.20. The van der Waals surface area contributed by atoms with Crippen LogP contribution in [0.5, 0.6) is 17.2 Å². The molecule has 4 heteroatoms. The maximum absolute atomic E-state index is 12.5. The van der Waals surface area contributed by atoms with Crippen molar-refractivity contribution in [2.24, 2.45) is 0 Å². The van der Waals surface area contributed by atoms with Crippen molar-refractivity contribution in [3.05, 3.63) is 53.1 Å². The monoisotopic (exact) mass is 328 g/mol. The lowest BCUT2D eigenvalue weighted by atomic mass is 9.86. The van der Waals surface area contributed by atoms with Crippen LogP contribution in [0.25, 0.3) is 0 Å². The fourth-order valence-electron chi connectivity index (χ4n) is 2.31. The molecule has 2 aromatic rings. The van der Waals surface area contributed by atoms with Gasteiger partial charge in [0.25, 0.3) is 0 Å². The van der Waals surface area contributed by atoms with Gasteiger partial charge in [-0.3, -0.25) is 0 Å². The molecular formula is C20H24O4. The van der Waals surface area contributed by atoms with E-state index >= 15 is 0 Å². The van der Waals surface area contributed by atoms with Crippen molar-refractivity contribution < 1.29 is 19.0 Å². The third-order valence-corrected chi connectivity index (χ3v) is 3.83. The van der Waals surface area contributed by atoms with Crippen molar-refractivity contribution in [2.75, 3.05) is 14.2 Å². The molecule has 0 heterocycles. The molecule has 0 aromatic heterocycles. The Morgan fingerprint density at radius 3 is 1.96 bits per heavy atom. The minimum atomic E-state index is -0.446.